The summed E-state index contributed by atoms with van der Waals surface area (Å²) >= 11 is 0. The van der Waals surface area contributed by atoms with Crippen molar-refractivity contribution in [2.75, 3.05) is 0 Å². The number of allylic oxidation sites excluding steroid dienone is 1. The SMILES string of the molecule is CC[Si](CC)(CC)O[C@@]12C/C=C\CCC[C@H]1CCCC2. The molecule has 0 aliphatic heterocycles. The van der Waals surface area contributed by atoms with Crippen LogP contribution >= 0.6 is 0 Å². The molecule has 0 bridgehead atoms. The van der Waals surface area contributed by atoms with Gasteiger partial charge in [0.2, 0.25) is 0 Å². The molecule has 0 aromatic carbocycles. The Kier molecular flexibility index (Phi) is 5.92. The van der Waals surface area contributed by atoms with E-state index in [0.29, 0.717) is 0 Å². The third kappa shape index (κ3) is 3.39. The van der Waals surface area contributed by atoms with Crippen LogP contribution in [0.2, 0.25) is 18.1 Å². The van der Waals surface area contributed by atoms with Crippen molar-refractivity contribution in [3.8, 4) is 0 Å². The van der Waals surface area contributed by atoms with E-state index in [0.717, 1.165) is 5.92 Å². The highest BCUT2D eigenvalue weighted by atomic mass is 28.4. The highest BCUT2D eigenvalue weighted by Crippen LogP contribution is 2.46. The highest BCUT2D eigenvalue weighted by Gasteiger charge is 2.46. The molecule has 0 heterocycles. The van der Waals surface area contributed by atoms with E-state index in [1.165, 1.54) is 69.5 Å². The van der Waals surface area contributed by atoms with Crippen LogP contribution < -0.4 is 0 Å². The zero-order chi connectivity index (χ0) is 14.5. The maximum absolute atomic E-state index is 7.14. The molecule has 20 heavy (non-hydrogen) atoms. The van der Waals surface area contributed by atoms with Crippen LogP contribution in [0.4, 0.5) is 0 Å². The van der Waals surface area contributed by atoms with E-state index in [4.69, 9.17) is 4.43 Å². The van der Waals surface area contributed by atoms with Crippen molar-refractivity contribution in [1.29, 1.82) is 0 Å². The van der Waals surface area contributed by atoms with Gasteiger partial charge in [0.05, 0.1) is 5.60 Å². The number of rotatable bonds is 5. The molecule has 0 N–H and O–H groups in total. The predicted molar refractivity (Wildman–Crippen MR) is 90.6 cm³/mol. The topological polar surface area (TPSA) is 9.23 Å². The molecular weight excluding hydrogens is 260 g/mol. The van der Waals surface area contributed by atoms with Gasteiger partial charge in [0.1, 0.15) is 0 Å². The molecule has 2 aliphatic carbocycles. The van der Waals surface area contributed by atoms with Crippen molar-refractivity contribution in [3.63, 3.8) is 0 Å². The van der Waals surface area contributed by atoms with Gasteiger partial charge in [-0.25, -0.2) is 0 Å². The Bertz CT molecular complexity index is 313. The summed E-state index contributed by atoms with van der Waals surface area (Å²) in [6, 6.07) is 3.87. The summed E-state index contributed by atoms with van der Waals surface area (Å²) in [6.45, 7) is 7.10. The summed E-state index contributed by atoms with van der Waals surface area (Å²) in [5.74, 6) is 0.831. The second-order valence-electron chi connectivity index (χ2n) is 6.96. The molecule has 116 valence electrons. The minimum atomic E-state index is -1.49. The van der Waals surface area contributed by atoms with E-state index in [2.05, 4.69) is 32.9 Å². The van der Waals surface area contributed by atoms with E-state index in [1.807, 2.05) is 0 Å². The highest BCUT2D eigenvalue weighted by molar-refractivity contribution is 6.73. The third-order valence-corrected chi connectivity index (χ3v) is 10.8. The zero-order valence-electron chi connectivity index (χ0n) is 13.9. The van der Waals surface area contributed by atoms with Gasteiger partial charge in [-0.3, -0.25) is 0 Å². The molecule has 0 unspecified atom stereocenters. The molecule has 0 aromatic heterocycles. The van der Waals surface area contributed by atoms with Crippen LogP contribution in [0.3, 0.4) is 0 Å². The van der Waals surface area contributed by atoms with E-state index in [-0.39, 0.29) is 5.60 Å². The Morgan fingerprint density at radius 1 is 1.00 bits per heavy atom. The van der Waals surface area contributed by atoms with Gasteiger partial charge < -0.3 is 4.43 Å². The summed E-state index contributed by atoms with van der Waals surface area (Å²) in [7, 11) is -1.49. The molecule has 0 spiro atoms. The number of fused-ring (bicyclic) bond motifs is 1. The monoisotopic (exact) mass is 294 g/mol. The molecule has 1 fully saturated rings. The van der Waals surface area contributed by atoms with Crippen molar-refractivity contribution in [1.82, 2.24) is 0 Å². The van der Waals surface area contributed by atoms with Crippen LogP contribution in [0, 0.1) is 5.92 Å². The average molecular weight is 295 g/mol. The number of hydrogen-bond donors (Lipinski definition) is 0. The minimum absolute atomic E-state index is 0.212. The fourth-order valence-corrected chi connectivity index (χ4v) is 7.56. The van der Waals surface area contributed by atoms with Crippen molar-refractivity contribution >= 4 is 8.32 Å². The Morgan fingerprint density at radius 3 is 2.40 bits per heavy atom. The van der Waals surface area contributed by atoms with Crippen LogP contribution in [0.15, 0.2) is 12.2 Å². The quantitative estimate of drug-likeness (QED) is 0.442. The smallest absolute Gasteiger partial charge is 0.192 e. The lowest BCUT2D eigenvalue weighted by atomic mass is 9.70. The average Bonchev–Trinajstić information content (AvgIpc) is 2.47. The van der Waals surface area contributed by atoms with E-state index in [1.54, 1.807) is 0 Å². The van der Waals surface area contributed by atoms with Gasteiger partial charge in [-0.15, -0.1) is 0 Å². The van der Waals surface area contributed by atoms with E-state index < -0.39 is 8.32 Å². The fraction of sp³-hybridized carbons (Fsp3) is 0.889. The molecule has 0 saturated heterocycles. The Hall–Kier alpha value is -0.0831. The molecule has 2 atom stereocenters. The molecule has 0 radical (unpaired) electrons. The van der Waals surface area contributed by atoms with Gasteiger partial charge in [0, 0.05) is 0 Å². The lowest BCUT2D eigenvalue weighted by molar-refractivity contribution is -0.0366. The predicted octanol–water partition coefficient (Wildman–Crippen LogP) is 6.07. The molecule has 2 aliphatic rings. The lowest BCUT2D eigenvalue weighted by Crippen LogP contribution is -2.52. The first-order valence-corrected chi connectivity index (χ1v) is 11.6. The third-order valence-electron chi connectivity index (χ3n) is 6.05. The second-order valence-corrected chi connectivity index (χ2v) is 11.7. The minimum Gasteiger partial charge on any atom is -0.411 e. The fourth-order valence-electron chi connectivity index (χ4n) is 4.41. The van der Waals surface area contributed by atoms with Gasteiger partial charge in [0.25, 0.3) is 0 Å². The summed E-state index contributed by atoms with van der Waals surface area (Å²) in [5, 5.41) is 0. The van der Waals surface area contributed by atoms with E-state index in [9.17, 15) is 0 Å². The normalized spacial score (nSPS) is 33.0. The molecule has 1 saturated carbocycles. The number of hydrogen-bond acceptors (Lipinski definition) is 1. The van der Waals surface area contributed by atoms with Crippen molar-refractivity contribution in [3.05, 3.63) is 12.2 Å². The first kappa shape index (κ1) is 16.3. The van der Waals surface area contributed by atoms with Crippen molar-refractivity contribution in [2.24, 2.45) is 5.92 Å². The van der Waals surface area contributed by atoms with Crippen LogP contribution in [-0.2, 0) is 4.43 Å². The molecule has 1 nitrogen and oxygen atoms in total. The van der Waals surface area contributed by atoms with Gasteiger partial charge in [-0.2, -0.15) is 0 Å². The van der Waals surface area contributed by atoms with E-state index >= 15 is 0 Å². The van der Waals surface area contributed by atoms with Crippen molar-refractivity contribution in [2.45, 2.75) is 95.9 Å². The Labute approximate surface area is 127 Å². The molecule has 0 amide bonds. The molecular formula is C18H34OSi. The maximum atomic E-state index is 7.14. The van der Waals surface area contributed by atoms with Gasteiger partial charge in [0.15, 0.2) is 8.32 Å². The summed E-state index contributed by atoms with van der Waals surface area (Å²) in [5.41, 5.74) is 0.212. The molecule has 2 rings (SSSR count). The molecule has 2 heteroatoms. The lowest BCUT2D eigenvalue weighted by Gasteiger charge is -2.50. The maximum Gasteiger partial charge on any atom is 0.192 e. The van der Waals surface area contributed by atoms with Crippen molar-refractivity contribution < 1.29 is 4.43 Å². The Balaban J connectivity index is 2.24. The zero-order valence-corrected chi connectivity index (χ0v) is 14.9. The van der Waals surface area contributed by atoms with Gasteiger partial charge in [-0.05, 0) is 62.6 Å². The summed E-state index contributed by atoms with van der Waals surface area (Å²) < 4.78 is 7.14. The van der Waals surface area contributed by atoms with Gasteiger partial charge in [-0.1, -0.05) is 45.8 Å². The largest absolute Gasteiger partial charge is 0.411 e. The van der Waals surface area contributed by atoms with Crippen LogP contribution in [0.5, 0.6) is 0 Å². The molecule has 0 aromatic rings. The summed E-state index contributed by atoms with van der Waals surface area (Å²) in [6.07, 6.45) is 15.6. The Morgan fingerprint density at radius 2 is 1.70 bits per heavy atom. The first-order valence-electron chi connectivity index (χ1n) is 9.05. The van der Waals surface area contributed by atoms with Crippen LogP contribution in [-0.4, -0.2) is 13.9 Å². The second kappa shape index (κ2) is 7.26. The summed E-state index contributed by atoms with van der Waals surface area (Å²) in [4.78, 5) is 0. The first-order chi connectivity index (χ1) is 9.70. The van der Waals surface area contributed by atoms with Crippen LogP contribution in [0.1, 0.15) is 72.1 Å². The van der Waals surface area contributed by atoms with Gasteiger partial charge >= 0.3 is 0 Å². The standard InChI is InChI=1S/C18H34OSi/c1-4-20(5-2,6-3)19-18-15-11-8-7-9-13-17(18)14-10-12-16-18/h8,11,17H,4-7,9-10,12-16H2,1-3H3/b11-8-/t17-,18+/m0/s1. The van der Waals surface area contributed by atoms with Crippen LogP contribution in [0.25, 0.3) is 0 Å².